The molecule has 15 heavy (non-hydrogen) atoms. The summed E-state index contributed by atoms with van der Waals surface area (Å²) >= 11 is 3.39. The lowest BCUT2D eigenvalue weighted by Crippen LogP contribution is -2.46. The molecule has 4 nitrogen and oxygen atoms in total. The van der Waals surface area contributed by atoms with E-state index in [-0.39, 0.29) is 6.03 Å². The first-order chi connectivity index (χ1) is 7.18. The molecule has 1 aliphatic rings. The average molecular weight is 270 g/mol. The van der Waals surface area contributed by atoms with Crippen LogP contribution in [0, 0.1) is 6.92 Å². The number of aromatic nitrogens is 1. The molecule has 0 unspecified atom stereocenters. The monoisotopic (exact) mass is 269 g/mol. The van der Waals surface area contributed by atoms with Gasteiger partial charge in [-0.05, 0) is 40.9 Å². The summed E-state index contributed by atoms with van der Waals surface area (Å²) in [5, 5.41) is 2.80. The number of pyridine rings is 1. The number of hydrogen-bond acceptors (Lipinski definition) is 2. The molecule has 5 heteroatoms. The van der Waals surface area contributed by atoms with Crippen LogP contribution in [0.25, 0.3) is 0 Å². The molecule has 1 aliphatic heterocycles. The SMILES string of the molecule is Cc1cc(N2CCCNC2=O)ncc1Br. The standard InChI is InChI=1S/C10H12BrN3O/c1-7-5-9(13-6-8(7)11)14-4-2-3-12-10(14)15/h5-6H,2-4H2,1H3,(H,12,15). The van der Waals surface area contributed by atoms with Crippen LogP contribution in [0.5, 0.6) is 0 Å². The van der Waals surface area contributed by atoms with Gasteiger partial charge in [-0.25, -0.2) is 9.78 Å². The van der Waals surface area contributed by atoms with Crippen LogP contribution in [0.1, 0.15) is 12.0 Å². The quantitative estimate of drug-likeness (QED) is 0.849. The number of amides is 2. The summed E-state index contributed by atoms with van der Waals surface area (Å²) in [6, 6.07) is 1.85. The predicted octanol–water partition coefficient (Wildman–Crippen LogP) is 2.07. The number of halogens is 1. The first-order valence-corrected chi connectivity index (χ1v) is 5.65. The molecular formula is C10H12BrN3O. The lowest BCUT2D eigenvalue weighted by molar-refractivity contribution is 0.242. The van der Waals surface area contributed by atoms with E-state index in [0.717, 1.165) is 29.5 Å². The largest absolute Gasteiger partial charge is 0.338 e. The number of rotatable bonds is 1. The average Bonchev–Trinajstić information content (AvgIpc) is 2.23. The molecular weight excluding hydrogens is 258 g/mol. The zero-order chi connectivity index (χ0) is 10.8. The van der Waals surface area contributed by atoms with Gasteiger partial charge in [0.2, 0.25) is 0 Å². The Balaban J connectivity index is 2.28. The van der Waals surface area contributed by atoms with Gasteiger partial charge in [-0.2, -0.15) is 0 Å². The number of urea groups is 1. The summed E-state index contributed by atoms with van der Waals surface area (Å²) in [7, 11) is 0. The van der Waals surface area contributed by atoms with Crippen LogP contribution in [0.3, 0.4) is 0 Å². The van der Waals surface area contributed by atoms with E-state index in [1.807, 2.05) is 13.0 Å². The highest BCUT2D eigenvalue weighted by Gasteiger charge is 2.20. The van der Waals surface area contributed by atoms with Crippen LogP contribution in [0.2, 0.25) is 0 Å². The summed E-state index contributed by atoms with van der Waals surface area (Å²) in [5.41, 5.74) is 1.08. The molecule has 1 fully saturated rings. The summed E-state index contributed by atoms with van der Waals surface area (Å²) < 4.78 is 0.962. The number of nitrogens with one attached hydrogen (secondary N) is 1. The first kappa shape index (κ1) is 10.4. The number of nitrogens with zero attached hydrogens (tertiary/aromatic N) is 2. The van der Waals surface area contributed by atoms with Crippen molar-refractivity contribution in [3.8, 4) is 0 Å². The lowest BCUT2D eigenvalue weighted by Gasteiger charge is -2.26. The van der Waals surface area contributed by atoms with E-state index in [0.29, 0.717) is 5.82 Å². The minimum absolute atomic E-state index is 0.0597. The molecule has 0 aromatic carbocycles. The highest BCUT2D eigenvalue weighted by atomic mass is 79.9. The molecule has 0 atom stereocenters. The van der Waals surface area contributed by atoms with Crippen molar-refractivity contribution in [2.24, 2.45) is 0 Å². The van der Waals surface area contributed by atoms with Gasteiger partial charge in [0.15, 0.2) is 0 Å². The van der Waals surface area contributed by atoms with Crippen molar-refractivity contribution in [2.75, 3.05) is 18.0 Å². The summed E-state index contributed by atoms with van der Waals surface area (Å²) in [6.07, 6.45) is 2.69. The molecule has 0 aliphatic carbocycles. The third kappa shape index (κ3) is 2.12. The molecule has 2 heterocycles. The minimum atomic E-state index is -0.0597. The second kappa shape index (κ2) is 4.18. The highest BCUT2D eigenvalue weighted by Crippen LogP contribution is 2.20. The van der Waals surface area contributed by atoms with Gasteiger partial charge in [0.05, 0.1) is 0 Å². The Morgan fingerprint density at radius 2 is 2.40 bits per heavy atom. The maximum absolute atomic E-state index is 11.6. The topological polar surface area (TPSA) is 45.2 Å². The smallest absolute Gasteiger partial charge is 0.323 e. The molecule has 1 aromatic rings. The summed E-state index contributed by atoms with van der Waals surface area (Å²) in [4.78, 5) is 17.5. The van der Waals surface area contributed by atoms with Crippen LogP contribution in [-0.2, 0) is 0 Å². The Morgan fingerprint density at radius 3 is 3.07 bits per heavy atom. The van der Waals surface area contributed by atoms with Gasteiger partial charge in [-0.3, -0.25) is 4.90 Å². The van der Waals surface area contributed by atoms with Crippen LogP contribution in [0.15, 0.2) is 16.7 Å². The zero-order valence-electron chi connectivity index (χ0n) is 8.46. The predicted molar refractivity (Wildman–Crippen MR) is 62.0 cm³/mol. The van der Waals surface area contributed by atoms with Crippen LogP contribution < -0.4 is 10.2 Å². The molecule has 2 rings (SSSR count). The fourth-order valence-corrected chi connectivity index (χ4v) is 1.74. The number of aryl methyl sites for hydroxylation is 1. The second-order valence-corrected chi connectivity index (χ2v) is 4.38. The van der Waals surface area contributed by atoms with E-state index in [4.69, 9.17) is 0 Å². The van der Waals surface area contributed by atoms with Crippen molar-refractivity contribution in [3.05, 3.63) is 22.3 Å². The minimum Gasteiger partial charge on any atom is -0.338 e. The van der Waals surface area contributed by atoms with Crippen molar-refractivity contribution < 1.29 is 4.79 Å². The van der Waals surface area contributed by atoms with Gasteiger partial charge in [0, 0.05) is 23.8 Å². The first-order valence-electron chi connectivity index (χ1n) is 4.86. The van der Waals surface area contributed by atoms with Gasteiger partial charge >= 0.3 is 6.03 Å². The molecule has 0 spiro atoms. The molecule has 0 radical (unpaired) electrons. The summed E-state index contributed by atoms with van der Waals surface area (Å²) in [5.74, 6) is 0.716. The Morgan fingerprint density at radius 1 is 1.60 bits per heavy atom. The molecule has 0 saturated carbocycles. The fraction of sp³-hybridized carbons (Fsp3) is 0.400. The van der Waals surface area contributed by atoms with Gasteiger partial charge in [0.1, 0.15) is 5.82 Å². The molecule has 2 amide bonds. The van der Waals surface area contributed by atoms with Crippen molar-refractivity contribution in [3.63, 3.8) is 0 Å². The van der Waals surface area contributed by atoms with Crippen LogP contribution in [-0.4, -0.2) is 24.1 Å². The number of hydrogen-bond donors (Lipinski definition) is 1. The van der Waals surface area contributed by atoms with Crippen LogP contribution >= 0.6 is 15.9 Å². The van der Waals surface area contributed by atoms with Crippen LogP contribution in [0.4, 0.5) is 10.6 Å². The zero-order valence-corrected chi connectivity index (χ0v) is 10.0. The van der Waals surface area contributed by atoms with Crippen molar-refractivity contribution in [2.45, 2.75) is 13.3 Å². The normalized spacial score (nSPS) is 16.4. The van der Waals surface area contributed by atoms with Gasteiger partial charge in [0.25, 0.3) is 0 Å². The fourth-order valence-electron chi connectivity index (χ4n) is 1.52. The molecule has 0 bridgehead atoms. The van der Waals surface area contributed by atoms with Crippen molar-refractivity contribution in [1.29, 1.82) is 0 Å². The van der Waals surface area contributed by atoms with E-state index in [1.54, 1.807) is 11.1 Å². The second-order valence-electron chi connectivity index (χ2n) is 3.53. The van der Waals surface area contributed by atoms with E-state index in [9.17, 15) is 4.79 Å². The molecule has 1 N–H and O–H groups in total. The van der Waals surface area contributed by atoms with Gasteiger partial charge in [-0.1, -0.05) is 0 Å². The number of carbonyl (C=O) groups excluding carboxylic acids is 1. The lowest BCUT2D eigenvalue weighted by atomic mass is 10.2. The maximum Gasteiger partial charge on any atom is 0.323 e. The Kier molecular flexibility index (Phi) is 2.90. The van der Waals surface area contributed by atoms with E-state index in [2.05, 4.69) is 26.2 Å². The van der Waals surface area contributed by atoms with Gasteiger partial charge < -0.3 is 5.32 Å². The van der Waals surface area contributed by atoms with Crippen molar-refractivity contribution in [1.82, 2.24) is 10.3 Å². The number of anilines is 1. The van der Waals surface area contributed by atoms with E-state index >= 15 is 0 Å². The summed E-state index contributed by atoms with van der Waals surface area (Å²) in [6.45, 7) is 3.47. The van der Waals surface area contributed by atoms with Crippen molar-refractivity contribution >= 4 is 27.8 Å². The Hall–Kier alpha value is -1.10. The molecule has 1 saturated heterocycles. The maximum atomic E-state index is 11.6. The van der Waals surface area contributed by atoms with Gasteiger partial charge in [-0.15, -0.1) is 0 Å². The highest BCUT2D eigenvalue weighted by molar-refractivity contribution is 9.10. The molecule has 80 valence electrons. The van der Waals surface area contributed by atoms with E-state index in [1.165, 1.54) is 0 Å². The Labute approximate surface area is 96.8 Å². The Bertz CT molecular complexity index is 394. The van der Waals surface area contributed by atoms with E-state index < -0.39 is 0 Å². The molecule has 1 aromatic heterocycles. The third-order valence-corrected chi connectivity index (χ3v) is 3.22. The number of carbonyl (C=O) groups is 1. The third-order valence-electron chi connectivity index (χ3n) is 2.39.